The molecule has 1 aromatic rings. The van der Waals surface area contributed by atoms with Crippen molar-refractivity contribution in [2.75, 3.05) is 8.86 Å². The molecule has 2 atom stereocenters. The van der Waals surface area contributed by atoms with Crippen LogP contribution < -0.4 is 21.2 Å². The number of benzene rings is 1. The summed E-state index contributed by atoms with van der Waals surface area (Å²) < 4.78 is 2.96. The van der Waals surface area contributed by atoms with Crippen LogP contribution in [0.25, 0.3) is 0 Å². The molecule has 1 saturated heterocycles. The van der Waals surface area contributed by atoms with Crippen LogP contribution in [0.15, 0.2) is 35.8 Å². The maximum atomic E-state index is 2.50. The number of hydrogen-bond acceptors (Lipinski definition) is 0. The van der Waals surface area contributed by atoms with Crippen LogP contribution in [0.2, 0.25) is 5.82 Å². The van der Waals surface area contributed by atoms with Crippen LogP contribution in [0.5, 0.6) is 0 Å². The van der Waals surface area contributed by atoms with Gasteiger partial charge >= 0.3 is 135 Å². The van der Waals surface area contributed by atoms with Gasteiger partial charge in [0, 0.05) is 0 Å². The molecule has 0 aromatic heterocycles. The summed E-state index contributed by atoms with van der Waals surface area (Å²) in [6, 6.07) is 9.51. The molecule has 3 rings (SSSR count). The molecule has 0 nitrogen and oxygen atoms in total. The Balaban J connectivity index is 1.50. The van der Waals surface area contributed by atoms with Crippen molar-refractivity contribution >= 4 is 7.28 Å². The zero-order valence-corrected chi connectivity index (χ0v) is 14.6. The monoisotopic (exact) mass is 378 g/mol. The molecule has 0 N–H and O–H groups in total. The number of hydrogen-bond donors (Lipinski definition) is 0. The number of allylic oxidation sites excluding steroid dienone is 2. The van der Waals surface area contributed by atoms with Crippen molar-refractivity contribution in [3.05, 3.63) is 46.9 Å². The third-order valence-corrected chi connectivity index (χ3v) is 7.18. The van der Waals surface area contributed by atoms with E-state index in [9.17, 15) is 0 Å². The molecule has 2 bridgehead atoms. The number of fused-ring (bicyclic) bond motifs is 2. The van der Waals surface area contributed by atoms with E-state index in [1.165, 1.54) is 52.1 Å². The Kier molecular flexibility index (Phi) is 5.25. The van der Waals surface area contributed by atoms with Crippen LogP contribution in [-0.2, 0) is 6.42 Å². The summed E-state index contributed by atoms with van der Waals surface area (Å²) >= 11 is 0.521. The fourth-order valence-corrected chi connectivity index (χ4v) is 5.30. The van der Waals surface area contributed by atoms with Gasteiger partial charge in [-0.15, -0.1) is 0 Å². The molecule has 107 valence electrons. The summed E-state index contributed by atoms with van der Waals surface area (Å²) in [6.45, 7) is 2.33. The van der Waals surface area contributed by atoms with Crippen molar-refractivity contribution in [3.63, 3.8) is 0 Å². The zero-order valence-electron chi connectivity index (χ0n) is 12.4. The van der Waals surface area contributed by atoms with E-state index in [0.29, 0.717) is 27.1 Å². The summed E-state index contributed by atoms with van der Waals surface area (Å²) in [6.07, 6.45) is 9.19. The van der Waals surface area contributed by atoms with Gasteiger partial charge in [0.2, 0.25) is 0 Å². The van der Waals surface area contributed by atoms with E-state index in [4.69, 9.17) is 0 Å². The van der Waals surface area contributed by atoms with Crippen LogP contribution >= 0.6 is 0 Å². The van der Waals surface area contributed by atoms with Gasteiger partial charge in [0.05, 0.1) is 0 Å². The topological polar surface area (TPSA) is 0 Å². The van der Waals surface area contributed by atoms with Crippen molar-refractivity contribution in [2.45, 2.75) is 50.8 Å². The van der Waals surface area contributed by atoms with Crippen molar-refractivity contribution < 1.29 is 21.2 Å². The normalized spacial score (nSPS) is 23.9. The fourth-order valence-electron chi connectivity index (χ4n) is 3.45. The van der Waals surface area contributed by atoms with Crippen LogP contribution in [0.3, 0.4) is 0 Å². The second kappa shape index (κ2) is 7.15. The molecule has 20 heavy (non-hydrogen) atoms. The van der Waals surface area contributed by atoms with Gasteiger partial charge in [-0.3, -0.25) is 0 Å². The number of alkyl halides is 2. The molecule has 2 aliphatic rings. The Morgan fingerprint density at radius 1 is 1.20 bits per heavy atom. The molecule has 0 saturated carbocycles. The molecule has 1 fully saturated rings. The van der Waals surface area contributed by atoms with Crippen molar-refractivity contribution in [2.24, 2.45) is 0 Å². The summed E-state index contributed by atoms with van der Waals surface area (Å²) in [5.74, 6) is 1.55. The average molecular weight is 378 g/mol. The average Bonchev–Trinajstić information content (AvgIpc) is 3.10. The number of unbranched alkanes of at least 4 members (excludes halogenated alkanes) is 1. The number of halogens is 1. The number of rotatable bonds is 7. The Bertz CT molecular complexity index is 463. The van der Waals surface area contributed by atoms with Gasteiger partial charge in [0.25, 0.3) is 0 Å². The molecular formula is C18H24BI-. The van der Waals surface area contributed by atoms with Gasteiger partial charge < -0.3 is 0 Å². The van der Waals surface area contributed by atoms with E-state index in [-0.39, 0.29) is 0 Å². The SMILES string of the molecule is CC[I-]CCCCc1ccc(C2CC3[B]C2=CC3)cc1. The van der Waals surface area contributed by atoms with Gasteiger partial charge in [-0.05, 0) is 0 Å². The first-order valence-corrected chi connectivity index (χ1v) is 11.1. The fraction of sp³-hybridized carbons (Fsp3) is 0.556. The van der Waals surface area contributed by atoms with Crippen molar-refractivity contribution in [1.82, 2.24) is 0 Å². The second-order valence-corrected chi connectivity index (χ2v) is 9.68. The van der Waals surface area contributed by atoms with E-state index in [1.807, 2.05) is 0 Å². The molecule has 1 radical (unpaired) electrons. The first kappa shape index (κ1) is 14.7. The summed E-state index contributed by atoms with van der Waals surface area (Å²) in [4.78, 5) is 0. The molecule has 2 heterocycles. The predicted molar refractivity (Wildman–Crippen MR) is 84.4 cm³/mol. The van der Waals surface area contributed by atoms with E-state index in [0.717, 1.165) is 5.82 Å². The molecular weight excluding hydrogens is 354 g/mol. The Morgan fingerprint density at radius 2 is 2.05 bits per heavy atom. The number of aryl methyl sites for hydroxylation is 1. The Morgan fingerprint density at radius 3 is 2.70 bits per heavy atom. The molecule has 2 unspecified atom stereocenters. The Hall–Kier alpha value is -0.245. The van der Waals surface area contributed by atoms with Crippen molar-refractivity contribution in [3.8, 4) is 0 Å². The maximum absolute atomic E-state index is 2.50. The van der Waals surface area contributed by atoms with E-state index in [2.05, 4.69) is 44.5 Å². The molecule has 2 aliphatic heterocycles. The molecule has 0 amide bonds. The first-order chi connectivity index (χ1) is 9.86. The van der Waals surface area contributed by atoms with Gasteiger partial charge in [-0.25, -0.2) is 0 Å². The van der Waals surface area contributed by atoms with E-state index >= 15 is 0 Å². The van der Waals surface area contributed by atoms with Gasteiger partial charge in [-0.2, -0.15) is 0 Å². The third-order valence-electron chi connectivity index (χ3n) is 4.58. The first-order valence-electron chi connectivity index (χ1n) is 8.04. The van der Waals surface area contributed by atoms with E-state index in [1.54, 1.807) is 5.47 Å². The van der Waals surface area contributed by atoms with E-state index < -0.39 is 0 Å². The van der Waals surface area contributed by atoms with Crippen LogP contribution in [0.1, 0.15) is 49.7 Å². The molecule has 1 aromatic carbocycles. The van der Waals surface area contributed by atoms with Crippen LogP contribution in [-0.4, -0.2) is 16.1 Å². The Labute approximate surface area is 134 Å². The molecule has 0 aliphatic carbocycles. The van der Waals surface area contributed by atoms with Crippen molar-refractivity contribution in [1.29, 1.82) is 0 Å². The van der Waals surface area contributed by atoms with Gasteiger partial charge in [0.1, 0.15) is 0 Å². The summed E-state index contributed by atoms with van der Waals surface area (Å²) in [5, 5.41) is 0. The van der Waals surface area contributed by atoms with Gasteiger partial charge in [0.15, 0.2) is 0 Å². The second-order valence-electron chi connectivity index (χ2n) is 6.00. The minimum atomic E-state index is 0.521. The predicted octanol–water partition coefficient (Wildman–Crippen LogP) is 1.39. The molecule has 2 heteroatoms. The molecule has 0 spiro atoms. The van der Waals surface area contributed by atoms with Crippen LogP contribution in [0, 0.1) is 0 Å². The summed E-state index contributed by atoms with van der Waals surface area (Å²) in [7, 11) is 2.50. The standard InChI is InChI=1S/C18H24BI/c1-2-20-12-4-3-5-14-6-8-15(9-7-14)17-13-16-10-11-18(17)19-16/h6-9,11,16-17H,2-5,10,12-13H2,1H3/q-1. The summed E-state index contributed by atoms with van der Waals surface area (Å²) in [5.41, 5.74) is 4.67. The minimum absolute atomic E-state index is 0.521. The van der Waals surface area contributed by atoms with Crippen LogP contribution in [0.4, 0.5) is 0 Å². The quantitative estimate of drug-likeness (QED) is 0.291. The van der Waals surface area contributed by atoms with Gasteiger partial charge in [-0.1, -0.05) is 0 Å². The zero-order chi connectivity index (χ0) is 13.8. The third kappa shape index (κ3) is 3.50.